The van der Waals surface area contributed by atoms with E-state index < -0.39 is 0 Å². The van der Waals surface area contributed by atoms with E-state index in [-0.39, 0.29) is 17.8 Å². The first kappa shape index (κ1) is 16.9. The molecule has 5 heteroatoms. The summed E-state index contributed by atoms with van der Waals surface area (Å²) >= 11 is 0. The third-order valence-corrected chi connectivity index (χ3v) is 5.43. The highest BCUT2D eigenvalue weighted by Crippen LogP contribution is 2.34. The Hall–Kier alpha value is -2.56. The Balaban J connectivity index is 1.75. The molecule has 26 heavy (non-hydrogen) atoms. The molecule has 3 heterocycles. The van der Waals surface area contributed by atoms with Crippen molar-refractivity contribution in [1.82, 2.24) is 9.47 Å². The summed E-state index contributed by atoms with van der Waals surface area (Å²) < 4.78 is 21.5. The Labute approximate surface area is 152 Å². The quantitative estimate of drug-likeness (QED) is 0.651. The number of aryl methyl sites for hydroxylation is 2. The summed E-state index contributed by atoms with van der Waals surface area (Å²) in [5.41, 5.74) is 2.40. The summed E-state index contributed by atoms with van der Waals surface area (Å²) in [6, 6.07) is 8.51. The number of benzene rings is 1. The van der Waals surface area contributed by atoms with E-state index in [1.54, 1.807) is 6.07 Å². The number of aromatic nitrogens is 1. The minimum Gasteiger partial charge on any atom is -0.451 e. The van der Waals surface area contributed by atoms with Gasteiger partial charge in [0, 0.05) is 36.4 Å². The molecule has 0 aliphatic carbocycles. The average Bonchev–Trinajstić information content (AvgIpc) is 3.09. The molecule has 0 radical (unpaired) electrons. The van der Waals surface area contributed by atoms with Crippen molar-refractivity contribution in [2.24, 2.45) is 7.05 Å². The van der Waals surface area contributed by atoms with E-state index in [2.05, 4.69) is 10.6 Å². The van der Waals surface area contributed by atoms with Crippen molar-refractivity contribution in [2.75, 3.05) is 6.54 Å². The van der Waals surface area contributed by atoms with Crippen molar-refractivity contribution >= 4 is 16.9 Å². The number of halogens is 1. The van der Waals surface area contributed by atoms with Gasteiger partial charge in [0.25, 0.3) is 5.91 Å². The SMILES string of the molecule is Cc1c(C(=O)N2CCCCCC2c2cccn2C)oc2ccc(F)cc12. The zero-order chi connectivity index (χ0) is 18.3. The van der Waals surface area contributed by atoms with Crippen molar-refractivity contribution in [2.45, 2.75) is 38.6 Å². The van der Waals surface area contributed by atoms with Gasteiger partial charge in [-0.25, -0.2) is 4.39 Å². The van der Waals surface area contributed by atoms with Crippen LogP contribution in [0.1, 0.15) is 53.5 Å². The first-order valence-corrected chi connectivity index (χ1v) is 9.17. The molecule has 4 rings (SSSR count). The molecule has 2 aromatic heterocycles. The fraction of sp³-hybridized carbons (Fsp3) is 0.381. The molecule has 0 bridgehead atoms. The van der Waals surface area contributed by atoms with Crippen LogP contribution >= 0.6 is 0 Å². The number of fused-ring (bicyclic) bond motifs is 1. The largest absolute Gasteiger partial charge is 0.451 e. The Morgan fingerprint density at radius 3 is 2.85 bits per heavy atom. The van der Waals surface area contributed by atoms with Gasteiger partial charge in [0.15, 0.2) is 5.76 Å². The van der Waals surface area contributed by atoms with Crippen LogP contribution in [0.15, 0.2) is 40.9 Å². The van der Waals surface area contributed by atoms with E-state index in [0.717, 1.165) is 31.4 Å². The number of carbonyl (C=O) groups is 1. The molecule has 1 atom stereocenters. The van der Waals surface area contributed by atoms with Crippen molar-refractivity contribution in [3.63, 3.8) is 0 Å². The van der Waals surface area contributed by atoms with Crippen molar-refractivity contribution in [3.05, 3.63) is 59.4 Å². The molecule has 1 unspecified atom stereocenters. The Morgan fingerprint density at radius 1 is 1.23 bits per heavy atom. The van der Waals surface area contributed by atoms with E-state index in [9.17, 15) is 9.18 Å². The van der Waals surface area contributed by atoms with Gasteiger partial charge in [-0.05, 0) is 50.1 Å². The van der Waals surface area contributed by atoms with Crippen LogP contribution in [0.3, 0.4) is 0 Å². The van der Waals surface area contributed by atoms with E-state index in [4.69, 9.17) is 4.42 Å². The van der Waals surface area contributed by atoms with E-state index >= 15 is 0 Å². The molecule has 0 N–H and O–H groups in total. The predicted molar refractivity (Wildman–Crippen MR) is 98.6 cm³/mol. The first-order chi connectivity index (χ1) is 12.6. The Morgan fingerprint density at radius 2 is 2.08 bits per heavy atom. The number of furan rings is 1. The number of nitrogens with zero attached hydrogens (tertiary/aromatic N) is 2. The second kappa shape index (κ2) is 6.63. The van der Waals surface area contributed by atoms with Crippen LogP contribution in [0, 0.1) is 12.7 Å². The fourth-order valence-electron chi connectivity index (χ4n) is 4.01. The third kappa shape index (κ3) is 2.81. The average molecular weight is 354 g/mol. The fourth-order valence-corrected chi connectivity index (χ4v) is 4.01. The molecule has 0 saturated carbocycles. The van der Waals surface area contributed by atoms with Crippen LogP contribution < -0.4 is 0 Å². The van der Waals surface area contributed by atoms with Gasteiger partial charge in [-0.2, -0.15) is 0 Å². The summed E-state index contributed by atoms with van der Waals surface area (Å²) in [7, 11) is 2.01. The summed E-state index contributed by atoms with van der Waals surface area (Å²) in [5, 5.41) is 0.665. The molecule has 3 aromatic rings. The molecular formula is C21H23FN2O2. The molecule has 1 aliphatic heterocycles. The topological polar surface area (TPSA) is 38.4 Å². The smallest absolute Gasteiger partial charge is 0.290 e. The molecule has 1 amide bonds. The second-order valence-corrected chi connectivity index (χ2v) is 7.10. The van der Waals surface area contributed by atoms with Crippen LogP contribution in [0.2, 0.25) is 0 Å². The van der Waals surface area contributed by atoms with Gasteiger partial charge in [0.05, 0.1) is 6.04 Å². The lowest BCUT2D eigenvalue weighted by molar-refractivity contribution is 0.0643. The van der Waals surface area contributed by atoms with Crippen LogP contribution in [0.5, 0.6) is 0 Å². The molecular weight excluding hydrogens is 331 g/mol. The lowest BCUT2D eigenvalue weighted by atomic mass is 10.1. The number of hydrogen-bond donors (Lipinski definition) is 0. The highest BCUT2D eigenvalue weighted by atomic mass is 19.1. The van der Waals surface area contributed by atoms with Crippen molar-refractivity contribution in [3.8, 4) is 0 Å². The number of hydrogen-bond acceptors (Lipinski definition) is 2. The lowest BCUT2D eigenvalue weighted by Crippen LogP contribution is -2.35. The Bertz CT molecular complexity index is 956. The molecule has 136 valence electrons. The molecule has 0 spiro atoms. The third-order valence-electron chi connectivity index (χ3n) is 5.43. The minimum absolute atomic E-state index is 0.0364. The zero-order valence-corrected chi connectivity index (χ0v) is 15.2. The van der Waals surface area contributed by atoms with Gasteiger partial charge in [0.2, 0.25) is 0 Å². The number of likely N-dealkylation sites (tertiary alicyclic amines) is 1. The highest BCUT2D eigenvalue weighted by Gasteiger charge is 2.32. The summed E-state index contributed by atoms with van der Waals surface area (Å²) in [6.07, 6.45) is 6.16. The van der Waals surface area contributed by atoms with E-state index in [1.165, 1.54) is 12.1 Å². The maximum atomic E-state index is 13.6. The number of amides is 1. The molecule has 1 aliphatic rings. The lowest BCUT2D eigenvalue weighted by Gasteiger charge is -2.30. The summed E-state index contributed by atoms with van der Waals surface area (Å²) in [4.78, 5) is 15.3. The van der Waals surface area contributed by atoms with Gasteiger partial charge >= 0.3 is 0 Å². The highest BCUT2D eigenvalue weighted by molar-refractivity contribution is 5.99. The molecule has 1 saturated heterocycles. The van der Waals surface area contributed by atoms with Crippen LogP contribution in [0.25, 0.3) is 11.0 Å². The molecule has 1 aromatic carbocycles. The van der Waals surface area contributed by atoms with Crippen molar-refractivity contribution < 1.29 is 13.6 Å². The zero-order valence-electron chi connectivity index (χ0n) is 15.2. The molecule has 1 fully saturated rings. The Kier molecular flexibility index (Phi) is 4.31. The monoisotopic (exact) mass is 354 g/mol. The maximum absolute atomic E-state index is 13.6. The summed E-state index contributed by atoms with van der Waals surface area (Å²) in [5.74, 6) is -0.101. The molecule has 4 nitrogen and oxygen atoms in total. The maximum Gasteiger partial charge on any atom is 0.290 e. The predicted octanol–water partition coefficient (Wildman–Crippen LogP) is 4.98. The minimum atomic E-state index is -0.322. The van der Waals surface area contributed by atoms with Crippen LogP contribution in [0.4, 0.5) is 4.39 Å². The van der Waals surface area contributed by atoms with Gasteiger partial charge in [0.1, 0.15) is 11.4 Å². The summed E-state index contributed by atoms with van der Waals surface area (Å²) in [6.45, 7) is 2.54. The van der Waals surface area contributed by atoms with Crippen LogP contribution in [-0.2, 0) is 7.05 Å². The first-order valence-electron chi connectivity index (χ1n) is 9.17. The number of carbonyl (C=O) groups excluding carboxylic acids is 1. The second-order valence-electron chi connectivity index (χ2n) is 7.10. The van der Waals surface area contributed by atoms with Gasteiger partial charge < -0.3 is 13.9 Å². The van der Waals surface area contributed by atoms with E-state index in [0.29, 0.717) is 28.8 Å². The van der Waals surface area contributed by atoms with Gasteiger partial charge in [-0.3, -0.25) is 4.79 Å². The normalized spacial score (nSPS) is 18.3. The van der Waals surface area contributed by atoms with Gasteiger partial charge in [-0.15, -0.1) is 0 Å². The number of rotatable bonds is 2. The van der Waals surface area contributed by atoms with Gasteiger partial charge in [-0.1, -0.05) is 12.8 Å². The van der Waals surface area contributed by atoms with E-state index in [1.807, 2.05) is 31.1 Å². The van der Waals surface area contributed by atoms with Crippen LogP contribution in [-0.4, -0.2) is 21.9 Å². The standard InChI is InChI=1S/C21H23FN2O2/c1-14-16-13-15(22)9-10-19(16)26-20(14)21(25)24-12-5-3-4-7-18(24)17-8-6-11-23(17)2/h6,8-11,13,18H,3-5,7,12H2,1-2H3. The van der Waals surface area contributed by atoms with Crippen molar-refractivity contribution in [1.29, 1.82) is 0 Å².